The van der Waals surface area contributed by atoms with Crippen LogP contribution < -0.4 is 10.1 Å². The van der Waals surface area contributed by atoms with Crippen molar-refractivity contribution in [2.24, 2.45) is 0 Å². The summed E-state index contributed by atoms with van der Waals surface area (Å²) < 4.78 is 31.6. The SMILES string of the molecule is COc1cccc2c1NCC2C(C)(F)F. The average molecular weight is 213 g/mol. The molecule has 0 aliphatic carbocycles. The normalized spacial score (nSPS) is 19.6. The molecule has 0 fully saturated rings. The third kappa shape index (κ3) is 1.64. The maximum atomic E-state index is 13.3. The van der Waals surface area contributed by atoms with Crippen LogP contribution in [-0.2, 0) is 0 Å². The zero-order valence-electron chi connectivity index (χ0n) is 8.68. The molecule has 1 aliphatic heterocycles. The van der Waals surface area contributed by atoms with E-state index in [0.717, 1.165) is 6.92 Å². The number of alkyl halides is 2. The van der Waals surface area contributed by atoms with E-state index in [1.54, 1.807) is 18.2 Å². The fraction of sp³-hybridized carbons (Fsp3) is 0.455. The number of para-hydroxylation sites is 1. The second-order valence-electron chi connectivity index (χ2n) is 3.81. The summed E-state index contributed by atoms with van der Waals surface area (Å²) in [6, 6.07) is 5.23. The van der Waals surface area contributed by atoms with Crippen molar-refractivity contribution in [3.05, 3.63) is 23.8 Å². The van der Waals surface area contributed by atoms with Gasteiger partial charge in [0.1, 0.15) is 5.75 Å². The highest BCUT2D eigenvalue weighted by Gasteiger charge is 2.40. The Kier molecular flexibility index (Phi) is 2.29. The molecule has 0 spiro atoms. The smallest absolute Gasteiger partial charge is 0.253 e. The molecule has 4 heteroatoms. The summed E-state index contributed by atoms with van der Waals surface area (Å²) in [6.45, 7) is 1.22. The van der Waals surface area contributed by atoms with Crippen molar-refractivity contribution in [1.29, 1.82) is 0 Å². The predicted molar refractivity (Wildman–Crippen MR) is 54.8 cm³/mol. The van der Waals surface area contributed by atoms with E-state index in [4.69, 9.17) is 4.74 Å². The Bertz CT molecular complexity index is 373. The van der Waals surface area contributed by atoms with Crippen molar-refractivity contribution in [3.8, 4) is 5.75 Å². The van der Waals surface area contributed by atoms with Gasteiger partial charge in [0, 0.05) is 13.5 Å². The minimum atomic E-state index is -2.70. The number of nitrogens with one attached hydrogen (secondary N) is 1. The molecule has 2 nitrogen and oxygen atoms in total. The number of hydrogen-bond acceptors (Lipinski definition) is 2. The molecule has 1 aromatic carbocycles. The average Bonchev–Trinajstić information content (AvgIpc) is 2.59. The number of hydrogen-bond donors (Lipinski definition) is 1. The molecule has 1 atom stereocenters. The maximum absolute atomic E-state index is 13.3. The number of methoxy groups -OCH3 is 1. The molecule has 1 heterocycles. The Balaban J connectivity index is 2.44. The molecule has 0 aromatic heterocycles. The highest BCUT2D eigenvalue weighted by molar-refractivity contribution is 5.67. The number of fused-ring (bicyclic) bond motifs is 1. The summed E-state index contributed by atoms with van der Waals surface area (Å²) in [5, 5.41) is 2.97. The van der Waals surface area contributed by atoms with Gasteiger partial charge in [-0.3, -0.25) is 0 Å². The van der Waals surface area contributed by atoms with Crippen LogP contribution in [0.1, 0.15) is 18.4 Å². The van der Waals surface area contributed by atoms with E-state index in [1.807, 2.05) is 0 Å². The molecule has 1 unspecified atom stereocenters. The van der Waals surface area contributed by atoms with E-state index < -0.39 is 11.8 Å². The van der Waals surface area contributed by atoms with E-state index in [1.165, 1.54) is 7.11 Å². The molecule has 0 saturated heterocycles. The monoisotopic (exact) mass is 213 g/mol. The lowest BCUT2D eigenvalue weighted by Crippen LogP contribution is -2.23. The fourth-order valence-electron chi connectivity index (χ4n) is 1.96. The van der Waals surface area contributed by atoms with Crippen molar-refractivity contribution < 1.29 is 13.5 Å². The number of ether oxygens (including phenoxy) is 1. The molecule has 0 radical (unpaired) electrons. The number of benzene rings is 1. The molecule has 1 aromatic rings. The van der Waals surface area contributed by atoms with E-state index in [2.05, 4.69) is 5.32 Å². The van der Waals surface area contributed by atoms with E-state index in [9.17, 15) is 8.78 Å². The quantitative estimate of drug-likeness (QED) is 0.815. The summed E-state index contributed by atoms with van der Waals surface area (Å²) in [5.41, 5.74) is 1.34. The van der Waals surface area contributed by atoms with Crippen LogP contribution in [0.25, 0.3) is 0 Å². The molecule has 0 saturated carbocycles. The van der Waals surface area contributed by atoms with Gasteiger partial charge in [-0.1, -0.05) is 12.1 Å². The van der Waals surface area contributed by atoms with Crippen LogP contribution >= 0.6 is 0 Å². The first-order valence-electron chi connectivity index (χ1n) is 4.82. The zero-order valence-corrected chi connectivity index (χ0v) is 8.68. The van der Waals surface area contributed by atoms with Gasteiger partial charge in [-0.05, 0) is 11.6 Å². The molecular weight excluding hydrogens is 200 g/mol. The van der Waals surface area contributed by atoms with Crippen molar-refractivity contribution in [2.75, 3.05) is 19.0 Å². The van der Waals surface area contributed by atoms with Crippen LogP contribution in [0.15, 0.2) is 18.2 Å². The number of rotatable bonds is 2. The van der Waals surface area contributed by atoms with Crippen LogP contribution in [0.4, 0.5) is 14.5 Å². The molecule has 0 bridgehead atoms. The second kappa shape index (κ2) is 3.36. The van der Waals surface area contributed by atoms with Crippen molar-refractivity contribution in [1.82, 2.24) is 0 Å². The zero-order chi connectivity index (χ0) is 11.1. The predicted octanol–water partition coefficient (Wildman–Crippen LogP) is 2.86. The third-order valence-electron chi connectivity index (χ3n) is 2.75. The Morgan fingerprint density at radius 3 is 2.80 bits per heavy atom. The van der Waals surface area contributed by atoms with Crippen molar-refractivity contribution in [2.45, 2.75) is 18.8 Å². The Labute approximate surface area is 87.2 Å². The van der Waals surface area contributed by atoms with Crippen molar-refractivity contribution in [3.63, 3.8) is 0 Å². The summed E-state index contributed by atoms with van der Waals surface area (Å²) in [4.78, 5) is 0. The standard InChI is InChI=1S/C11H13F2NO/c1-11(12,13)8-6-14-10-7(8)4-3-5-9(10)15-2/h3-5,8,14H,6H2,1-2H3. The second-order valence-corrected chi connectivity index (χ2v) is 3.81. The lowest BCUT2D eigenvalue weighted by atomic mass is 9.95. The minimum absolute atomic E-state index is 0.263. The van der Waals surface area contributed by atoms with Crippen LogP contribution in [0, 0.1) is 0 Å². The number of halogens is 2. The van der Waals surface area contributed by atoms with Gasteiger partial charge in [0.2, 0.25) is 0 Å². The van der Waals surface area contributed by atoms with Crippen LogP contribution in [0.2, 0.25) is 0 Å². The summed E-state index contributed by atoms with van der Waals surface area (Å²) in [5.74, 6) is -2.84. The molecule has 0 amide bonds. The molecule has 1 N–H and O–H groups in total. The van der Waals surface area contributed by atoms with Gasteiger partial charge in [-0.25, -0.2) is 8.78 Å². The first kappa shape index (κ1) is 10.2. The molecule has 2 rings (SSSR count). The Morgan fingerprint density at radius 1 is 1.47 bits per heavy atom. The minimum Gasteiger partial charge on any atom is -0.495 e. The molecular formula is C11H13F2NO. The Hall–Kier alpha value is -1.32. The summed E-state index contributed by atoms with van der Waals surface area (Å²) in [6.07, 6.45) is 0. The largest absolute Gasteiger partial charge is 0.495 e. The van der Waals surface area contributed by atoms with Crippen molar-refractivity contribution >= 4 is 5.69 Å². The van der Waals surface area contributed by atoms with Gasteiger partial charge in [0.25, 0.3) is 5.92 Å². The topological polar surface area (TPSA) is 21.3 Å². The van der Waals surface area contributed by atoms with E-state index >= 15 is 0 Å². The van der Waals surface area contributed by atoms with Crippen LogP contribution in [-0.4, -0.2) is 19.6 Å². The van der Waals surface area contributed by atoms with Crippen LogP contribution in [0.3, 0.4) is 0 Å². The first-order valence-corrected chi connectivity index (χ1v) is 4.82. The number of anilines is 1. The molecule has 1 aliphatic rings. The fourth-order valence-corrected chi connectivity index (χ4v) is 1.96. The van der Waals surface area contributed by atoms with Gasteiger partial charge in [-0.15, -0.1) is 0 Å². The Morgan fingerprint density at radius 2 is 2.20 bits per heavy atom. The maximum Gasteiger partial charge on any atom is 0.253 e. The van der Waals surface area contributed by atoms with E-state index in [0.29, 0.717) is 17.0 Å². The molecule has 15 heavy (non-hydrogen) atoms. The van der Waals surface area contributed by atoms with Gasteiger partial charge in [0.15, 0.2) is 0 Å². The third-order valence-corrected chi connectivity index (χ3v) is 2.75. The van der Waals surface area contributed by atoms with Gasteiger partial charge in [-0.2, -0.15) is 0 Å². The summed E-state index contributed by atoms with van der Waals surface area (Å²) >= 11 is 0. The van der Waals surface area contributed by atoms with E-state index in [-0.39, 0.29) is 6.54 Å². The highest BCUT2D eigenvalue weighted by atomic mass is 19.3. The summed E-state index contributed by atoms with van der Waals surface area (Å²) in [7, 11) is 1.54. The first-order chi connectivity index (χ1) is 7.04. The van der Waals surface area contributed by atoms with Gasteiger partial charge >= 0.3 is 0 Å². The lowest BCUT2D eigenvalue weighted by Gasteiger charge is -2.18. The van der Waals surface area contributed by atoms with Crippen LogP contribution in [0.5, 0.6) is 5.75 Å². The lowest BCUT2D eigenvalue weighted by molar-refractivity contribution is -0.00185. The van der Waals surface area contributed by atoms with Gasteiger partial charge in [0.05, 0.1) is 18.7 Å². The van der Waals surface area contributed by atoms with Gasteiger partial charge < -0.3 is 10.1 Å². The highest BCUT2D eigenvalue weighted by Crippen LogP contribution is 2.44. The molecule has 82 valence electrons.